The number of fused-ring (bicyclic) bond motifs is 1. The summed E-state index contributed by atoms with van der Waals surface area (Å²) in [5, 5.41) is 24.5. The zero-order valence-electron chi connectivity index (χ0n) is 26.8. The Labute approximate surface area is 258 Å². The fourth-order valence-electron chi connectivity index (χ4n) is 8.28. The van der Waals surface area contributed by atoms with Gasteiger partial charge < -0.3 is 40.3 Å². The molecule has 5 N–H and O–H groups in total. The molecule has 0 aromatic carbocycles. The molecule has 8 unspecified atom stereocenters. The molecule has 5 aliphatic rings. The Kier molecular flexibility index (Phi) is 12.1. The molecule has 0 radical (unpaired) electrons. The first-order valence-electron chi connectivity index (χ1n) is 17.1. The van der Waals surface area contributed by atoms with Gasteiger partial charge in [0.05, 0.1) is 31.6 Å². The number of hydrogen-bond acceptors (Lipinski definition) is 9. The number of ether oxygens (including phenoxy) is 2. The number of hydrogen-bond donors (Lipinski definition) is 5. The van der Waals surface area contributed by atoms with E-state index in [9.17, 15) is 14.7 Å². The number of amides is 2. The number of carbonyl (C=O) groups is 2. The van der Waals surface area contributed by atoms with E-state index in [1.165, 1.54) is 6.42 Å². The maximum absolute atomic E-state index is 13.2. The number of aliphatic hydroxyl groups is 1. The van der Waals surface area contributed by atoms with Crippen molar-refractivity contribution in [2.24, 2.45) is 17.8 Å². The molecule has 0 bridgehead atoms. The summed E-state index contributed by atoms with van der Waals surface area (Å²) in [4.78, 5) is 29.2. The molecule has 11 nitrogen and oxygen atoms in total. The van der Waals surface area contributed by atoms with Gasteiger partial charge in [0.2, 0.25) is 11.8 Å². The molecule has 3 saturated heterocycles. The highest BCUT2D eigenvalue weighted by Crippen LogP contribution is 2.37. The molecule has 5 rings (SSSR count). The van der Waals surface area contributed by atoms with Crippen molar-refractivity contribution in [1.82, 2.24) is 31.1 Å². The quantitative estimate of drug-likeness (QED) is 0.231. The normalized spacial score (nSPS) is 36.7. The third kappa shape index (κ3) is 9.34. The molecule has 2 amide bonds. The first kappa shape index (κ1) is 33.0. The van der Waals surface area contributed by atoms with Crippen molar-refractivity contribution in [2.45, 2.75) is 114 Å². The molecular weight excluding hydrogens is 548 g/mol. The van der Waals surface area contributed by atoms with Crippen LogP contribution in [0.2, 0.25) is 0 Å². The van der Waals surface area contributed by atoms with Crippen LogP contribution in [0.3, 0.4) is 0 Å². The van der Waals surface area contributed by atoms with E-state index in [0.29, 0.717) is 62.5 Å². The smallest absolute Gasteiger partial charge is 0.223 e. The number of β-amino-alcohol motifs (C(OH)–C–C–N with tert-alkyl or cyclic N) is 1. The van der Waals surface area contributed by atoms with Crippen molar-refractivity contribution < 1.29 is 24.2 Å². The lowest BCUT2D eigenvalue weighted by atomic mass is 9.74. The van der Waals surface area contributed by atoms with Crippen LogP contribution in [-0.4, -0.2) is 129 Å². The third-order valence-corrected chi connectivity index (χ3v) is 11.0. The Morgan fingerprint density at radius 1 is 1.00 bits per heavy atom. The largest absolute Gasteiger partial charge is 0.390 e. The fourth-order valence-corrected chi connectivity index (χ4v) is 8.28. The van der Waals surface area contributed by atoms with E-state index in [1.807, 2.05) is 11.9 Å². The van der Waals surface area contributed by atoms with Crippen LogP contribution in [0.5, 0.6) is 0 Å². The number of nitrogens with zero attached hydrogens (tertiary/aromatic N) is 2. The molecule has 11 heteroatoms. The summed E-state index contributed by atoms with van der Waals surface area (Å²) in [5.41, 5.74) is 0. The molecule has 0 aromatic heterocycles. The SMILES string of the molecule is CNC1CC(NC2CCN(C(C)=O)CC2)CC(C(=O)NC[C@@H](O)CN2CCC3CC(OCC4OCNC4C)CCC3C2)C1. The molecular formula is C32H58N6O5. The molecule has 3 aliphatic heterocycles. The van der Waals surface area contributed by atoms with Crippen LogP contribution in [-0.2, 0) is 19.1 Å². The average Bonchev–Trinajstić information content (AvgIpc) is 3.43. The van der Waals surface area contributed by atoms with Crippen LogP contribution in [0.4, 0.5) is 0 Å². The number of nitrogens with one attached hydrogen (secondary N) is 4. The van der Waals surface area contributed by atoms with Crippen molar-refractivity contribution in [3.05, 3.63) is 0 Å². The van der Waals surface area contributed by atoms with Crippen LogP contribution in [0.1, 0.15) is 71.6 Å². The Morgan fingerprint density at radius 3 is 2.51 bits per heavy atom. The van der Waals surface area contributed by atoms with E-state index in [2.05, 4.69) is 33.1 Å². The molecule has 3 heterocycles. The highest BCUT2D eigenvalue weighted by Gasteiger charge is 2.37. The lowest BCUT2D eigenvalue weighted by Gasteiger charge is -2.44. The summed E-state index contributed by atoms with van der Waals surface area (Å²) in [5.74, 6) is 1.50. The Bertz CT molecular complexity index is 903. The Morgan fingerprint density at radius 2 is 1.79 bits per heavy atom. The summed E-state index contributed by atoms with van der Waals surface area (Å²) in [6, 6.07) is 1.31. The maximum Gasteiger partial charge on any atom is 0.223 e. The predicted octanol–water partition coefficient (Wildman–Crippen LogP) is 0.662. The summed E-state index contributed by atoms with van der Waals surface area (Å²) >= 11 is 0. The number of rotatable bonds is 11. The van der Waals surface area contributed by atoms with E-state index in [0.717, 1.165) is 77.5 Å². The summed E-state index contributed by atoms with van der Waals surface area (Å²) in [6.45, 7) is 9.64. The van der Waals surface area contributed by atoms with Gasteiger partial charge in [-0.1, -0.05) is 0 Å². The van der Waals surface area contributed by atoms with Gasteiger partial charge in [0.1, 0.15) is 0 Å². The zero-order valence-corrected chi connectivity index (χ0v) is 26.8. The topological polar surface area (TPSA) is 127 Å². The minimum Gasteiger partial charge on any atom is -0.390 e. The van der Waals surface area contributed by atoms with E-state index in [-0.39, 0.29) is 29.9 Å². The molecule has 2 aliphatic carbocycles. The van der Waals surface area contributed by atoms with E-state index >= 15 is 0 Å². The summed E-state index contributed by atoms with van der Waals surface area (Å²) in [6.07, 6.45) is 9.06. The van der Waals surface area contributed by atoms with Crippen molar-refractivity contribution in [3.8, 4) is 0 Å². The van der Waals surface area contributed by atoms with Gasteiger partial charge in [-0.2, -0.15) is 0 Å². The van der Waals surface area contributed by atoms with Gasteiger partial charge in [0.15, 0.2) is 0 Å². The molecule has 0 spiro atoms. The maximum atomic E-state index is 13.2. The lowest BCUT2D eigenvalue weighted by molar-refractivity contribution is -0.130. The van der Waals surface area contributed by atoms with Gasteiger partial charge in [-0.05, 0) is 90.1 Å². The van der Waals surface area contributed by atoms with Gasteiger partial charge in [-0.25, -0.2) is 0 Å². The second-order valence-corrected chi connectivity index (χ2v) is 14.1. The van der Waals surface area contributed by atoms with Crippen molar-refractivity contribution >= 4 is 11.8 Å². The van der Waals surface area contributed by atoms with E-state index in [1.54, 1.807) is 6.92 Å². The predicted molar refractivity (Wildman–Crippen MR) is 165 cm³/mol. The van der Waals surface area contributed by atoms with Crippen LogP contribution < -0.4 is 21.3 Å². The van der Waals surface area contributed by atoms with Gasteiger partial charge in [0.25, 0.3) is 0 Å². The highest BCUT2D eigenvalue weighted by atomic mass is 16.5. The summed E-state index contributed by atoms with van der Waals surface area (Å²) in [7, 11) is 1.98. The zero-order chi connectivity index (χ0) is 30.3. The van der Waals surface area contributed by atoms with Gasteiger partial charge in [-0.3, -0.25) is 14.9 Å². The molecule has 2 saturated carbocycles. The third-order valence-electron chi connectivity index (χ3n) is 11.0. The monoisotopic (exact) mass is 606 g/mol. The van der Waals surface area contributed by atoms with Crippen molar-refractivity contribution in [2.75, 3.05) is 59.7 Å². The molecule has 246 valence electrons. The van der Waals surface area contributed by atoms with E-state index in [4.69, 9.17) is 9.47 Å². The lowest BCUT2D eigenvalue weighted by Crippen LogP contribution is -2.53. The molecule has 0 aromatic rings. The number of aliphatic hydroxyl groups excluding tert-OH is 1. The van der Waals surface area contributed by atoms with Crippen LogP contribution in [0, 0.1) is 17.8 Å². The van der Waals surface area contributed by atoms with Crippen molar-refractivity contribution in [1.29, 1.82) is 0 Å². The van der Waals surface area contributed by atoms with Crippen molar-refractivity contribution in [3.63, 3.8) is 0 Å². The van der Waals surface area contributed by atoms with Crippen LogP contribution in [0.25, 0.3) is 0 Å². The Hall–Kier alpha value is -1.34. The van der Waals surface area contributed by atoms with Gasteiger partial charge in [0, 0.05) is 69.7 Å². The first-order chi connectivity index (χ1) is 20.8. The number of likely N-dealkylation sites (tertiary alicyclic amines) is 2. The minimum absolute atomic E-state index is 0.0578. The fraction of sp³-hybridized carbons (Fsp3) is 0.938. The second-order valence-electron chi connectivity index (χ2n) is 14.1. The second kappa shape index (κ2) is 15.8. The van der Waals surface area contributed by atoms with E-state index < -0.39 is 6.10 Å². The average molecular weight is 607 g/mol. The molecule has 9 atom stereocenters. The highest BCUT2D eigenvalue weighted by molar-refractivity contribution is 5.79. The standard InChI is InChI=1S/C32H58N6O5/c1-21-31(43-20-35-21)19-42-30-5-4-24-17-37(9-6-23(24)14-30)18-29(40)16-34-32(41)25-12-27(33-3)15-28(13-25)36-26-7-10-38(11-8-26)22(2)39/h21,23-31,33,35-36,40H,4-20H2,1-3H3,(H,34,41)/t21?,23?,24?,25?,27?,28?,29-,30?,31?/m1/s1. The molecule has 5 fully saturated rings. The van der Waals surface area contributed by atoms with Gasteiger partial charge in [-0.15, -0.1) is 0 Å². The number of piperidine rings is 2. The van der Waals surface area contributed by atoms with Crippen LogP contribution in [0.15, 0.2) is 0 Å². The summed E-state index contributed by atoms with van der Waals surface area (Å²) < 4.78 is 12.0. The van der Waals surface area contributed by atoms with Gasteiger partial charge >= 0.3 is 0 Å². The molecule has 43 heavy (non-hydrogen) atoms. The number of carbonyl (C=O) groups excluding carboxylic acids is 2. The van der Waals surface area contributed by atoms with Crippen LogP contribution >= 0.6 is 0 Å². The Balaban J connectivity index is 0.993. The minimum atomic E-state index is -0.564. The first-order valence-corrected chi connectivity index (χ1v) is 17.1.